The van der Waals surface area contributed by atoms with E-state index in [4.69, 9.17) is 9.15 Å². The van der Waals surface area contributed by atoms with Gasteiger partial charge in [0.25, 0.3) is 5.89 Å². The van der Waals surface area contributed by atoms with Crippen LogP contribution in [-0.2, 0) is 13.2 Å². The molecule has 0 atom stereocenters. The molecule has 0 bridgehead atoms. The van der Waals surface area contributed by atoms with Crippen LogP contribution < -0.4 is 10.1 Å². The predicted octanol–water partition coefficient (Wildman–Crippen LogP) is 3.46. The van der Waals surface area contributed by atoms with Gasteiger partial charge in [-0.3, -0.25) is 0 Å². The number of nitrogens with zero attached hydrogens (tertiary/aromatic N) is 2. The first-order valence-corrected chi connectivity index (χ1v) is 8.12. The second-order valence-corrected chi connectivity index (χ2v) is 5.76. The van der Waals surface area contributed by atoms with Crippen LogP contribution >= 0.6 is 0 Å². The molecule has 0 unspecified atom stereocenters. The normalized spacial score (nSPS) is 16.4. The first kappa shape index (κ1) is 15.0. The van der Waals surface area contributed by atoms with Gasteiger partial charge in [-0.25, -0.2) is 0 Å². The molecule has 2 aromatic rings. The highest BCUT2D eigenvalue weighted by molar-refractivity contribution is 5.20. The van der Waals surface area contributed by atoms with Gasteiger partial charge >= 0.3 is 0 Å². The fourth-order valence-corrected chi connectivity index (χ4v) is 2.80. The molecular formula is C17H23N3O2. The van der Waals surface area contributed by atoms with Crippen molar-refractivity contribution in [3.05, 3.63) is 42.1 Å². The Balaban J connectivity index is 1.44. The monoisotopic (exact) mass is 301 g/mol. The molecule has 118 valence electrons. The summed E-state index contributed by atoms with van der Waals surface area (Å²) in [5.74, 6) is 1.95. The van der Waals surface area contributed by atoms with E-state index >= 15 is 0 Å². The number of nitrogens with one attached hydrogen (secondary N) is 1. The fraction of sp³-hybridized carbons (Fsp3) is 0.529. The Bertz CT molecular complexity index is 548. The van der Waals surface area contributed by atoms with Gasteiger partial charge in [-0.15, -0.1) is 10.2 Å². The van der Waals surface area contributed by atoms with Crippen molar-refractivity contribution >= 4 is 0 Å². The average molecular weight is 301 g/mol. The minimum atomic E-state index is 0.306. The molecule has 1 N–H and O–H groups in total. The molecule has 1 aromatic heterocycles. The molecule has 1 saturated carbocycles. The minimum Gasteiger partial charge on any atom is -0.484 e. The summed E-state index contributed by atoms with van der Waals surface area (Å²) in [5, 5.41) is 11.6. The Morgan fingerprint density at radius 2 is 1.73 bits per heavy atom. The highest BCUT2D eigenvalue weighted by Crippen LogP contribution is 2.17. The Morgan fingerprint density at radius 3 is 2.50 bits per heavy atom. The van der Waals surface area contributed by atoms with E-state index in [-0.39, 0.29) is 0 Å². The molecule has 3 rings (SSSR count). The summed E-state index contributed by atoms with van der Waals surface area (Å²) < 4.78 is 11.2. The van der Waals surface area contributed by atoms with Crippen LogP contribution in [0.5, 0.6) is 5.75 Å². The summed E-state index contributed by atoms with van der Waals surface area (Å²) in [6, 6.07) is 10.2. The van der Waals surface area contributed by atoms with E-state index < -0.39 is 0 Å². The van der Waals surface area contributed by atoms with Gasteiger partial charge in [-0.1, -0.05) is 43.9 Å². The zero-order valence-corrected chi connectivity index (χ0v) is 12.8. The van der Waals surface area contributed by atoms with Crippen LogP contribution in [0.15, 0.2) is 34.7 Å². The summed E-state index contributed by atoms with van der Waals surface area (Å²) in [7, 11) is 0. The van der Waals surface area contributed by atoms with Gasteiger partial charge in [-0.05, 0) is 25.0 Å². The highest BCUT2D eigenvalue weighted by Gasteiger charge is 2.13. The number of benzene rings is 1. The average Bonchev–Trinajstić information content (AvgIpc) is 2.85. The molecule has 1 aliphatic rings. The maximum absolute atomic E-state index is 5.62. The van der Waals surface area contributed by atoms with E-state index in [1.165, 1.54) is 38.5 Å². The molecule has 1 heterocycles. The lowest BCUT2D eigenvalue weighted by molar-refractivity contribution is 0.257. The van der Waals surface area contributed by atoms with E-state index in [1.54, 1.807) is 0 Å². The number of para-hydroxylation sites is 1. The summed E-state index contributed by atoms with van der Waals surface area (Å²) in [4.78, 5) is 0. The zero-order chi connectivity index (χ0) is 15.0. The van der Waals surface area contributed by atoms with Crippen molar-refractivity contribution in [2.24, 2.45) is 0 Å². The van der Waals surface area contributed by atoms with Crippen molar-refractivity contribution in [3.63, 3.8) is 0 Å². The van der Waals surface area contributed by atoms with Crippen molar-refractivity contribution < 1.29 is 9.15 Å². The first-order valence-electron chi connectivity index (χ1n) is 8.12. The van der Waals surface area contributed by atoms with Crippen LogP contribution in [0, 0.1) is 0 Å². The molecule has 0 radical (unpaired) electrons. The van der Waals surface area contributed by atoms with Crippen molar-refractivity contribution in [2.75, 3.05) is 0 Å². The molecule has 0 spiro atoms. The van der Waals surface area contributed by atoms with Gasteiger partial charge in [0.1, 0.15) is 5.75 Å². The minimum absolute atomic E-state index is 0.306. The van der Waals surface area contributed by atoms with Crippen LogP contribution in [0.3, 0.4) is 0 Å². The molecule has 5 nitrogen and oxygen atoms in total. The third-order valence-electron chi connectivity index (χ3n) is 4.01. The Morgan fingerprint density at radius 1 is 1.00 bits per heavy atom. The lowest BCUT2D eigenvalue weighted by Crippen LogP contribution is -2.27. The van der Waals surface area contributed by atoms with Crippen molar-refractivity contribution in [2.45, 2.75) is 57.7 Å². The van der Waals surface area contributed by atoms with Crippen LogP contribution in [0.4, 0.5) is 0 Å². The molecular weight excluding hydrogens is 278 g/mol. The van der Waals surface area contributed by atoms with Gasteiger partial charge in [0.15, 0.2) is 6.61 Å². The highest BCUT2D eigenvalue weighted by atomic mass is 16.5. The molecule has 1 fully saturated rings. The number of rotatable bonds is 6. The lowest BCUT2D eigenvalue weighted by Gasteiger charge is -2.14. The standard InChI is InChI=1S/C17H23N3O2/c1-2-5-9-14(8-4-1)18-12-16-19-20-17(22-16)13-21-15-10-6-3-7-11-15/h3,6-7,10-11,14,18H,1-2,4-5,8-9,12-13H2. The van der Waals surface area contributed by atoms with Gasteiger partial charge in [-0.2, -0.15) is 0 Å². The number of ether oxygens (including phenoxy) is 1. The Kier molecular flexibility index (Phi) is 5.42. The molecule has 1 aromatic carbocycles. The number of hydrogen-bond acceptors (Lipinski definition) is 5. The Labute approximate surface area is 131 Å². The van der Waals surface area contributed by atoms with E-state index in [9.17, 15) is 0 Å². The van der Waals surface area contributed by atoms with Crippen LogP contribution in [0.1, 0.15) is 50.3 Å². The van der Waals surface area contributed by atoms with Gasteiger partial charge in [0.2, 0.25) is 5.89 Å². The van der Waals surface area contributed by atoms with Gasteiger partial charge in [0.05, 0.1) is 6.54 Å². The maximum atomic E-state index is 5.62. The number of aromatic nitrogens is 2. The first-order chi connectivity index (χ1) is 10.9. The summed E-state index contributed by atoms with van der Waals surface area (Å²) in [5.41, 5.74) is 0. The molecule has 0 aliphatic heterocycles. The molecule has 0 saturated heterocycles. The third-order valence-corrected chi connectivity index (χ3v) is 4.01. The fourth-order valence-electron chi connectivity index (χ4n) is 2.80. The van der Waals surface area contributed by atoms with Crippen molar-refractivity contribution in [1.82, 2.24) is 15.5 Å². The van der Waals surface area contributed by atoms with Gasteiger partial charge in [0, 0.05) is 6.04 Å². The van der Waals surface area contributed by atoms with Crippen LogP contribution in [-0.4, -0.2) is 16.2 Å². The molecule has 1 aliphatic carbocycles. The number of hydrogen-bond donors (Lipinski definition) is 1. The van der Waals surface area contributed by atoms with Crippen LogP contribution in [0.25, 0.3) is 0 Å². The largest absolute Gasteiger partial charge is 0.484 e. The van der Waals surface area contributed by atoms with Crippen molar-refractivity contribution in [3.8, 4) is 5.75 Å². The van der Waals surface area contributed by atoms with Crippen molar-refractivity contribution in [1.29, 1.82) is 0 Å². The SMILES string of the molecule is c1ccc(OCc2nnc(CNC3CCCCCC3)o2)cc1. The lowest BCUT2D eigenvalue weighted by atomic mass is 10.1. The zero-order valence-electron chi connectivity index (χ0n) is 12.8. The quantitative estimate of drug-likeness (QED) is 0.828. The molecule has 22 heavy (non-hydrogen) atoms. The molecule has 0 amide bonds. The van der Waals surface area contributed by atoms with E-state index in [1.807, 2.05) is 30.3 Å². The summed E-state index contributed by atoms with van der Waals surface area (Å²) >= 11 is 0. The third kappa shape index (κ3) is 4.56. The molecule has 5 heteroatoms. The maximum Gasteiger partial charge on any atom is 0.253 e. The smallest absolute Gasteiger partial charge is 0.253 e. The summed E-state index contributed by atoms with van der Waals surface area (Å²) in [6.07, 6.45) is 7.85. The van der Waals surface area contributed by atoms with E-state index in [2.05, 4.69) is 15.5 Å². The second kappa shape index (κ2) is 7.94. The van der Waals surface area contributed by atoms with E-state index in [0.717, 1.165) is 5.75 Å². The summed E-state index contributed by atoms with van der Waals surface area (Å²) in [6.45, 7) is 0.948. The Hall–Kier alpha value is -1.88. The topological polar surface area (TPSA) is 60.2 Å². The second-order valence-electron chi connectivity index (χ2n) is 5.76. The van der Waals surface area contributed by atoms with Crippen LogP contribution in [0.2, 0.25) is 0 Å². The van der Waals surface area contributed by atoms with Gasteiger partial charge < -0.3 is 14.5 Å². The predicted molar refractivity (Wildman–Crippen MR) is 83.4 cm³/mol. The van der Waals surface area contributed by atoms with E-state index in [0.29, 0.717) is 31.0 Å².